The summed E-state index contributed by atoms with van der Waals surface area (Å²) >= 11 is 4.26. The molecule has 1 nitrogen and oxygen atoms in total. The summed E-state index contributed by atoms with van der Waals surface area (Å²) in [5.41, 5.74) is 4.60. The van der Waals surface area contributed by atoms with Crippen LogP contribution in [0.1, 0.15) is 29.4 Å². The van der Waals surface area contributed by atoms with Crippen molar-refractivity contribution < 1.29 is 0 Å². The minimum Gasteiger partial charge on any atom is -0.258 e. The molecule has 0 saturated carbocycles. The number of allylic oxidation sites excluding steroid dienone is 1. The van der Waals surface area contributed by atoms with Gasteiger partial charge in [0.05, 0.1) is 0 Å². The number of thiol groups is 1. The molecule has 0 amide bonds. The van der Waals surface area contributed by atoms with E-state index in [0.29, 0.717) is 0 Å². The van der Waals surface area contributed by atoms with Gasteiger partial charge in [-0.05, 0) is 55.9 Å². The predicted octanol–water partition coefficient (Wildman–Crippen LogP) is 3.30. The van der Waals surface area contributed by atoms with E-state index in [1.807, 2.05) is 20.8 Å². The summed E-state index contributed by atoms with van der Waals surface area (Å²) in [4.78, 5) is 5.42. The van der Waals surface area contributed by atoms with E-state index in [0.717, 1.165) is 16.3 Å². The van der Waals surface area contributed by atoms with Gasteiger partial charge in [0, 0.05) is 11.4 Å². The lowest BCUT2D eigenvalue weighted by atomic mass is 10.1. The average molecular weight is 193 g/mol. The SMILES string of the molecule is C/C(S)=C\c1c(C)cc(C)nc1C. The van der Waals surface area contributed by atoms with Crippen LogP contribution >= 0.6 is 12.6 Å². The van der Waals surface area contributed by atoms with Crippen LogP contribution in [0, 0.1) is 20.8 Å². The molecule has 0 atom stereocenters. The molecule has 70 valence electrons. The smallest absolute Gasteiger partial charge is 0.0451 e. The highest BCUT2D eigenvalue weighted by molar-refractivity contribution is 7.84. The van der Waals surface area contributed by atoms with Crippen LogP contribution in [-0.2, 0) is 0 Å². The van der Waals surface area contributed by atoms with Crippen LogP contribution in [0.15, 0.2) is 11.0 Å². The lowest BCUT2D eigenvalue weighted by molar-refractivity contribution is 1.09. The molecule has 0 N–H and O–H groups in total. The molecule has 0 aromatic carbocycles. The molecule has 1 aromatic rings. The second-order valence-electron chi connectivity index (χ2n) is 3.37. The Labute approximate surface area is 85.3 Å². The Kier molecular flexibility index (Phi) is 3.15. The summed E-state index contributed by atoms with van der Waals surface area (Å²) in [6.45, 7) is 8.12. The molecule has 1 aromatic heterocycles. The third-order valence-electron chi connectivity index (χ3n) is 1.94. The van der Waals surface area contributed by atoms with Crippen molar-refractivity contribution in [1.29, 1.82) is 0 Å². The predicted molar refractivity (Wildman–Crippen MR) is 61.1 cm³/mol. The summed E-state index contributed by atoms with van der Waals surface area (Å²) in [7, 11) is 0. The highest BCUT2D eigenvalue weighted by Crippen LogP contribution is 2.17. The largest absolute Gasteiger partial charge is 0.258 e. The summed E-state index contributed by atoms with van der Waals surface area (Å²) in [6.07, 6.45) is 2.06. The van der Waals surface area contributed by atoms with Crippen molar-refractivity contribution in [3.05, 3.63) is 33.5 Å². The Bertz CT molecular complexity index is 326. The lowest BCUT2D eigenvalue weighted by Gasteiger charge is -2.06. The van der Waals surface area contributed by atoms with Crippen molar-refractivity contribution in [2.75, 3.05) is 0 Å². The van der Waals surface area contributed by atoms with Crippen molar-refractivity contribution in [1.82, 2.24) is 4.98 Å². The maximum absolute atomic E-state index is 4.41. The molecular weight excluding hydrogens is 178 g/mol. The fourth-order valence-electron chi connectivity index (χ4n) is 1.46. The lowest BCUT2D eigenvalue weighted by Crippen LogP contribution is -1.93. The van der Waals surface area contributed by atoms with Gasteiger partial charge in [-0.2, -0.15) is 0 Å². The first-order valence-electron chi connectivity index (χ1n) is 4.33. The van der Waals surface area contributed by atoms with Crippen LogP contribution in [0.2, 0.25) is 0 Å². The zero-order chi connectivity index (χ0) is 10.0. The molecule has 2 heteroatoms. The van der Waals surface area contributed by atoms with Gasteiger partial charge in [0.15, 0.2) is 0 Å². The normalized spacial score (nSPS) is 11.9. The van der Waals surface area contributed by atoms with Crippen LogP contribution in [0.3, 0.4) is 0 Å². The van der Waals surface area contributed by atoms with E-state index in [-0.39, 0.29) is 0 Å². The molecule has 0 aliphatic heterocycles. The molecule has 0 radical (unpaired) electrons. The molecule has 0 aliphatic carbocycles. The first-order valence-corrected chi connectivity index (χ1v) is 4.77. The van der Waals surface area contributed by atoms with Gasteiger partial charge in [0.2, 0.25) is 0 Å². The maximum atomic E-state index is 4.41. The molecule has 0 aliphatic rings. The molecule has 13 heavy (non-hydrogen) atoms. The molecule has 0 saturated heterocycles. The minimum absolute atomic E-state index is 1.01. The highest BCUT2D eigenvalue weighted by atomic mass is 32.1. The number of nitrogens with zero attached hydrogens (tertiary/aromatic N) is 1. The van der Waals surface area contributed by atoms with Crippen molar-refractivity contribution in [3.8, 4) is 0 Å². The van der Waals surface area contributed by atoms with Crippen LogP contribution in [0.25, 0.3) is 6.08 Å². The Balaban J connectivity index is 3.29. The van der Waals surface area contributed by atoms with Crippen LogP contribution in [0.4, 0.5) is 0 Å². The Morgan fingerprint density at radius 3 is 2.46 bits per heavy atom. The van der Waals surface area contributed by atoms with E-state index in [4.69, 9.17) is 0 Å². The highest BCUT2D eigenvalue weighted by Gasteiger charge is 2.01. The van der Waals surface area contributed by atoms with Crippen molar-refractivity contribution in [3.63, 3.8) is 0 Å². The number of rotatable bonds is 1. The fraction of sp³-hybridized carbons (Fsp3) is 0.364. The average Bonchev–Trinajstić information content (AvgIpc) is 1.96. The third-order valence-corrected chi connectivity index (χ3v) is 2.07. The number of hydrogen-bond donors (Lipinski definition) is 1. The number of aryl methyl sites for hydroxylation is 3. The molecule has 0 unspecified atom stereocenters. The molecule has 0 bridgehead atoms. The topological polar surface area (TPSA) is 12.9 Å². The van der Waals surface area contributed by atoms with E-state index in [1.165, 1.54) is 11.1 Å². The van der Waals surface area contributed by atoms with Crippen LogP contribution in [-0.4, -0.2) is 4.98 Å². The van der Waals surface area contributed by atoms with Gasteiger partial charge in [-0.1, -0.05) is 0 Å². The van der Waals surface area contributed by atoms with Crippen LogP contribution in [0.5, 0.6) is 0 Å². The number of hydrogen-bond acceptors (Lipinski definition) is 2. The molecule has 1 heterocycles. The van der Waals surface area contributed by atoms with Gasteiger partial charge in [0.25, 0.3) is 0 Å². The van der Waals surface area contributed by atoms with Crippen molar-refractivity contribution in [2.24, 2.45) is 0 Å². The quantitative estimate of drug-likeness (QED) is 0.675. The fourth-order valence-corrected chi connectivity index (χ4v) is 1.59. The minimum atomic E-state index is 1.01. The van der Waals surface area contributed by atoms with Gasteiger partial charge in [0.1, 0.15) is 0 Å². The van der Waals surface area contributed by atoms with Gasteiger partial charge in [-0.25, -0.2) is 0 Å². The summed E-state index contributed by atoms with van der Waals surface area (Å²) < 4.78 is 0. The number of pyridine rings is 1. The van der Waals surface area contributed by atoms with Gasteiger partial charge in [-0.3, -0.25) is 4.98 Å². The maximum Gasteiger partial charge on any atom is 0.0451 e. The van der Waals surface area contributed by atoms with Crippen molar-refractivity contribution in [2.45, 2.75) is 27.7 Å². The zero-order valence-electron chi connectivity index (χ0n) is 8.55. The van der Waals surface area contributed by atoms with E-state index in [9.17, 15) is 0 Å². The monoisotopic (exact) mass is 193 g/mol. The molecule has 1 rings (SSSR count). The summed E-state index contributed by atoms with van der Waals surface area (Å²) in [6, 6.07) is 2.09. The van der Waals surface area contributed by atoms with E-state index < -0.39 is 0 Å². The van der Waals surface area contributed by atoms with Gasteiger partial charge >= 0.3 is 0 Å². The summed E-state index contributed by atoms with van der Waals surface area (Å²) in [5.74, 6) is 0. The van der Waals surface area contributed by atoms with Gasteiger partial charge in [-0.15, -0.1) is 12.6 Å². The van der Waals surface area contributed by atoms with E-state index >= 15 is 0 Å². The molecule has 0 fully saturated rings. The van der Waals surface area contributed by atoms with E-state index in [2.05, 4.69) is 36.7 Å². The zero-order valence-corrected chi connectivity index (χ0v) is 9.44. The Morgan fingerprint density at radius 1 is 1.38 bits per heavy atom. The standard InChI is InChI=1S/C11H15NS/c1-7-5-8(2)12-10(4)11(7)6-9(3)13/h5-6,13H,1-4H3/b9-6+. The number of aromatic nitrogens is 1. The second-order valence-corrected chi connectivity index (χ2v) is 4.07. The van der Waals surface area contributed by atoms with E-state index in [1.54, 1.807) is 0 Å². The Hall–Kier alpha value is -0.760. The van der Waals surface area contributed by atoms with Gasteiger partial charge < -0.3 is 0 Å². The molecular formula is C11H15NS. The Morgan fingerprint density at radius 2 is 2.00 bits per heavy atom. The summed E-state index contributed by atoms with van der Waals surface area (Å²) in [5, 5.41) is 0. The van der Waals surface area contributed by atoms with Crippen LogP contribution < -0.4 is 0 Å². The first kappa shape index (κ1) is 10.3. The first-order chi connectivity index (χ1) is 6.00. The third kappa shape index (κ3) is 2.59. The molecule has 0 spiro atoms. The van der Waals surface area contributed by atoms with Crippen molar-refractivity contribution >= 4 is 18.7 Å². The second kappa shape index (κ2) is 3.97.